The van der Waals surface area contributed by atoms with Gasteiger partial charge in [0.15, 0.2) is 6.61 Å². The molecule has 0 saturated carbocycles. The molecule has 1 amide bonds. The summed E-state index contributed by atoms with van der Waals surface area (Å²) in [4.78, 5) is 11.8. The summed E-state index contributed by atoms with van der Waals surface area (Å²) >= 11 is 5.82. The monoisotopic (exact) mass is 309 g/mol. The van der Waals surface area contributed by atoms with Crippen LogP contribution in [-0.2, 0) is 4.79 Å². The molecular formula is C15H13ClFNO3. The van der Waals surface area contributed by atoms with Gasteiger partial charge in [-0.15, -0.1) is 0 Å². The van der Waals surface area contributed by atoms with Gasteiger partial charge in [-0.05, 0) is 30.3 Å². The summed E-state index contributed by atoms with van der Waals surface area (Å²) in [5, 5.41) is 2.67. The second-order valence-corrected chi connectivity index (χ2v) is 4.55. The fraction of sp³-hybridized carbons (Fsp3) is 0.133. The summed E-state index contributed by atoms with van der Waals surface area (Å²) in [6.07, 6.45) is 0. The molecule has 0 atom stereocenters. The zero-order valence-corrected chi connectivity index (χ0v) is 12.0. The second-order valence-electron chi connectivity index (χ2n) is 4.14. The van der Waals surface area contributed by atoms with Crippen molar-refractivity contribution in [1.82, 2.24) is 0 Å². The molecule has 0 aliphatic rings. The van der Waals surface area contributed by atoms with E-state index in [9.17, 15) is 9.18 Å². The van der Waals surface area contributed by atoms with Crippen molar-refractivity contribution in [3.8, 4) is 11.5 Å². The number of nitrogens with one attached hydrogen (secondary N) is 1. The molecule has 0 aliphatic heterocycles. The van der Waals surface area contributed by atoms with Crippen molar-refractivity contribution in [3.63, 3.8) is 0 Å². The normalized spacial score (nSPS) is 10.0. The van der Waals surface area contributed by atoms with Gasteiger partial charge < -0.3 is 14.8 Å². The van der Waals surface area contributed by atoms with Gasteiger partial charge in [0.2, 0.25) is 0 Å². The van der Waals surface area contributed by atoms with Crippen LogP contribution in [0, 0.1) is 5.82 Å². The highest BCUT2D eigenvalue weighted by atomic mass is 35.5. The van der Waals surface area contributed by atoms with E-state index in [2.05, 4.69) is 5.32 Å². The topological polar surface area (TPSA) is 47.6 Å². The SMILES string of the molecule is COc1cccc(OCC(=O)Nc2ccc(F)cc2Cl)c1. The number of hydrogen-bond acceptors (Lipinski definition) is 3. The minimum atomic E-state index is -0.467. The molecule has 0 radical (unpaired) electrons. The lowest BCUT2D eigenvalue weighted by molar-refractivity contribution is -0.118. The van der Waals surface area contributed by atoms with Crippen molar-refractivity contribution in [2.75, 3.05) is 19.0 Å². The third kappa shape index (κ3) is 4.36. The Labute approximate surface area is 126 Å². The molecule has 0 heterocycles. The first-order chi connectivity index (χ1) is 10.1. The van der Waals surface area contributed by atoms with Crippen molar-refractivity contribution in [1.29, 1.82) is 0 Å². The molecule has 0 fully saturated rings. The summed E-state index contributed by atoms with van der Waals surface area (Å²) in [6.45, 7) is -0.194. The average Bonchev–Trinajstić information content (AvgIpc) is 2.48. The maximum Gasteiger partial charge on any atom is 0.262 e. The van der Waals surface area contributed by atoms with Crippen LogP contribution >= 0.6 is 11.6 Å². The van der Waals surface area contributed by atoms with Crippen LogP contribution in [0.5, 0.6) is 11.5 Å². The third-order valence-electron chi connectivity index (χ3n) is 2.62. The number of halogens is 2. The van der Waals surface area contributed by atoms with Gasteiger partial charge in [0.25, 0.3) is 5.91 Å². The number of amides is 1. The molecule has 0 aromatic heterocycles. The van der Waals surface area contributed by atoms with E-state index in [0.717, 1.165) is 6.07 Å². The number of rotatable bonds is 5. The minimum absolute atomic E-state index is 0.129. The van der Waals surface area contributed by atoms with Crippen LogP contribution < -0.4 is 14.8 Å². The van der Waals surface area contributed by atoms with E-state index in [1.54, 1.807) is 31.4 Å². The second kappa shape index (κ2) is 6.95. The Balaban J connectivity index is 1.92. The molecule has 1 N–H and O–H groups in total. The van der Waals surface area contributed by atoms with Gasteiger partial charge in [-0.25, -0.2) is 4.39 Å². The van der Waals surface area contributed by atoms with Gasteiger partial charge in [-0.2, -0.15) is 0 Å². The lowest BCUT2D eigenvalue weighted by Gasteiger charge is -2.09. The molecule has 0 spiro atoms. The third-order valence-corrected chi connectivity index (χ3v) is 2.93. The average molecular weight is 310 g/mol. The Morgan fingerprint density at radius 1 is 1.24 bits per heavy atom. The van der Waals surface area contributed by atoms with E-state index in [-0.39, 0.29) is 11.6 Å². The smallest absolute Gasteiger partial charge is 0.262 e. The summed E-state index contributed by atoms with van der Waals surface area (Å²) < 4.78 is 23.3. The molecule has 2 aromatic carbocycles. The first-order valence-electron chi connectivity index (χ1n) is 6.10. The van der Waals surface area contributed by atoms with Crippen molar-refractivity contribution in [3.05, 3.63) is 53.3 Å². The first kappa shape index (κ1) is 15.1. The highest BCUT2D eigenvalue weighted by Crippen LogP contribution is 2.22. The molecule has 0 saturated heterocycles. The predicted molar refractivity (Wildman–Crippen MR) is 78.5 cm³/mol. The Hall–Kier alpha value is -2.27. The zero-order valence-electron chi connectivity index (χ0n) is 11.2. The first-order valence-corrected chi connectivity index (χ1v) is 6.48. The fourth-order valence-corrected chi connectivity index (χ4v) is 1.83. The van der Waals surface area contributed by atoms with Crippen LogP contribution in [0.1, 0.15) is 0 Å². The van der Waals surface area contributed by atoms with Gasteiger partial charge in [-0.3, -0.25) is 4.79 Å². The molecule has 4 nitrogen and oxygen atoms in total. The van der Waals surface area contributed by atoms with Crippen LogP contribution in [-0.4, -0.2) is 19.6 Å². The summed E-state index contributed by atoms with van der Waals surface area (Å²) in [7, 11) is 1.54. The fourth-order valence-electron chi connectivity index (χ4n) is 1.62. The van der Waals surface area contributed by atoms with E-state index in [4.69, 9.17) is 21.1 Å². The lowest BCUT2D eigenvalue weighted by atomic mass is 10.3. The van der Waals surface area contributed by atoms with E-state index in [1.807, 2.05) is 0 Å². The number of carbonyl (C=O) groups excluding carboxylic acids is 1. The van der Waals surface area contributed by atoms with E-state index in [0.29, 0.717) is 17.2 Å². The van der Waals surface area contributed by atoms with Gasteiger partial charge >= 0.3 is 0 Å². The van der Waals surface area contributed by atoms with Crippen LogP contribution in [0.15, 0.2) is 42.5 Å². The Morgan fingerprint density at radius 2 is 2.00 bits per heavy atom. The van der Waals surface area contributed by atoms with Crippen molar-refractivity contribution in [2.24, 2.45) is 0 Å². The van der Waals surface area contributed by atoms with Crippen molar-refractivity contribution in [2.45, 2.75) is 0 Å². The lowest BCUT2D eigenvalue weighted by Crippen LogP contribution is -2.20. The maximum absolute atomic E-state index is 12.9. The molecule has 21 heavy (non-hydrogen) atoms. The molecule has 0 unspecified atom stereocenters. The molecule has 2 rings (SSSR count). The van der Waals surface area contributed by atoms with Gasteiger partial charge in [0.1, 0.15) is 17.3 Å². The highest BCUT2D eigenvalue weighted by molar-refractivity contribution is 6.33. The van der Waals surface area contributed by atoms with Crippen LogP contribution in [0.4, 0.5) is 10.1 Å². The number of carbonyl (C=O) groups is 1. The standard InChI is InChI=1S/C15H13ClFNO3/c1-20-11-3-2-4-12(8-11)21-9-15(19)18-14-6-5-10(17)7-13(14)16/h2-8H,9H2,1H3,(H,18,19). The van der Waals surface area contributed by atoms with Crippen LogP contribution in [0.2, 0.25) is 5.02 Å². The van der Waals surface area contributed by atoms with E-state index < -0.39 is 11.7 Å². The minimum Gasteiger partial charge on any atom is -0.497 e. The molecule has 110 valence electrons. The molecular weight excluding hydrogens is 297 g/mol. The van der Waals surface area contributed by atoms with E-state index in [1.165, 1.54) is 12.1 Å². The summed E-state index contributed by atoms with van der Waals surface area (Å²) in [6, 6.07) is 10.6. The molecule has 0 aliphatic carbocycles. The molecule has 6 heteroatoms. The Kier molecular flexibility index (Phi) is 5.00. The van der Waals surface area contributed by atoms with Gasteiger partial charge in [0, 0.05) is 6.07 Å². The molecule has 0 bridgehead atoms. The Bertz CT molecular complexity index is 649. The number of anilines is 1. The predicted octanol–water partition coefficient (Wildman–Crippen LogP) is 3.51. The van der Waals surface area contributed by atoms with E-state index >= 15 is 0 Å². The van der Waals surface area contributed by atoms with Crippen molar-refractivity contribution >= 4 is 23.2 Å². The molecule has 2 aromatic rings. The maximum atomic E-state index is 12.9. The summed E-state index contributed by atoms with van der Waals surface area (Å²) in [5.74, 6) is 0.279. The number of ether oxygens (including phenoxy) is 2. The quantitative estimate of drug-likeness (QED) is 0.919. The zero-order chi connectivity index (χ0) is 15.2. The number of benzene rings is 2. The van der Waals surface area contributed by atoms with Gasteiger partial charge in [0.05, 0.1) is 17.8 Å². The van der Waals surface area contributed by atoms with Crippen LogP contribution in [0.3, 0.4) is 0 Å². The van der Waals surface area contributed by atoms with Crippen molar-refractivity contribution < 1.29 is 18.7 Å². The largest absolute Gasteiger partial charge is 0.497 e. The highest BCUT2D eigenvalue weighted by Gasteiger charge is 2.08. The number of hydrogen-bond donors (Lipinski definition) is 1. The summed E-state index contributed by atoms with van der Waals surface area (Å²) in [5.41, 5.74) is 0.331. The van der Waals surface area contributed by atoms with Crippen LogP contribution in [0.25, 0.3) is 0 Å². The Morgan fingerprint density at radius 3 is 2.71 bits per heavy atom. The van der Waals surface area contributed by atoms with Gasteiger partial charge in [-0.1, -0.05) is 17.7 Å². The number of methoxy groups -OCH3 is 1.